The van der Waals surface area contributed by atoms with Crippen LogP contribution in [0.1, 0.15) is 51.4 Å². The maximum absolute atomic E-state index is 10.9. The highest BCUT2D eigenvalue weighted by Gasteiger charge is 2.58. The van der Waals surface area contributed by atoms with Gasteiger partial charge in [-0.05, 0) is 49.4 Å². The van der Waals surface area contributed by atoms with E-state index in [4.69, 9.17) is 5.11 Å². The van der Waals surface area contributed by atoms with Crippen molar-refractivity contribution in [3.63, 3.8) is 0 Å². The molecule has 3 aliphatic rings. The minimum atomic E-state index is -0.817. The molecule has 0 radical (unpaired) electrons. The topological polar surface area (TPSA) is 49.3 Å². The van der Waals surface area contributed by atoms with Crippen LogP contribution in [0, 0.1) is 17.3 Å². The molecule has 2 bridgehead atoms. The first kappa shape index (κ1) is 10.4. The summed E-state index contributed by atoms with van der Waals surface area (Å²) < 4.78 is 0. The summed E-state index contributed by atoms with van der Waals surface area (Å²) in [5.41, 5.74) is 0.347. The van der Waals surface area contributed by atoms with Crippen molar-refractivity contribution in [1.82, 2.24) is 5.32 Å². The summed E-state index contributed by atoms with van der Waals surface area (Å²) in [5, 5.41) is 11.9. The number of amides is 1. The SMILES string of the molecule is O=C(O)N[C@H]1[C@@H]2CC[C@@H](C2)C12CCCCC2. The van der Waals surface area contributed by atoms with Crippen LogP contribution in [-0.2, 0) is 0 Å². The van der Waals surface area contributed by atoms with Crippen LogP contribution >= 0.6 is 0 Å². The maximum Gasteiger partial charge on any atom is 0.404 e. The lowest BCUT2D eigenvalue weighted by Crippen LogP contribution is -2.51. The zero-order chi connectivity index (χ0) is 11.2. The number of carboxylic acid groups (broad SMARTS) is 1. The van der Waals surface area contributed by atoms with Gasteiger partial charge in [0.2, 0.25) is 0 Å². The molecular weight excluding hydrogens is 202 g/mol. The number of fused-ring (bicyclic) bond motifs is 3. The maximum atomic E-state index is 10.9. The molecule has 2 N–H and O–H groups in total. The molecule has 3 aliphatic carbocycles. The van der Waals surface area contributed by atoms with Gasteiger partial charge in [-0.2, -0.15) is 0 Å². The van der Waals surface area contributed by atoms with Crippen LogP contribution < -0.4 is 5.32 Å². The van der Waals surface area contributed by atoms with Crippen molar-refractivity contribution in [3.8, 4) is 0 Å². The van der Waals surface area contributed by atoms with Gasteiger partial charge in [-0.3, -0.25) is 0 Å². The Balaban J connectivity index is 1.85. The third kappa shape index (κ3) is 1.36. The summed E-state index contributed by atoms with van der Waals surface area (Å²) in [7, 11) is 0. The Hall–Kier alpha value is -0.730. The van der Waals surface area contributed by atoms with Crippen molar-refractivity contribution in [1.29, 1.82) is 0 Å². The third-order valence-corrected chi connectivity index (χ3v) is 5.44. The molecule has 3 rings (SSSR count). The normalized spacial score (nSPS) is 40.1. The molecule has 1 spiro atoms. The van der Waals surface area contributed by atoms with Crippen LogP contribution in [-0.4, -0.2) is 17.2 Å². The molecule has 0 aromatic heterocycles. The molecule has 0 saturated heterocycles. The Morgan fingerprint density at radius 1 is 1.19 bits per heavy atom. The first-order chi connectivity index (χ1) is 7.72. The van der Waals surface area contributed by atoms with Gasteiger partial charge in [0.05, 0.1) is 0 Å². The van der Waals surface area contributed by atoms with Crippen LogP contribution in [0.2, 0.25) is 0 Å². The molecule has 0 aromatic carbocycles. The van der Waals surface area contributed by atoms with Crippen molar-refractivity contribution in [2.45, 2.75) is 57.4 Å². The summed E-state index contributed by atoms with van der Waals surface area (Å²) in [6, 6.07) is 0.268. The fourth-order valence-electron chi connectivity index (χ4n) is 4.89. The quantitative estimate of drug-likeness (QED) is 0.718. The van der Waals surface area contributed by atoms with Gasteiger partial charge >= 0.3 is 6.09 Å². The zero-order valence-corrected chi connectivity index (χ0v) is 9.74. The van der Waals surface area contributed by atoms with Crippen LogP contribution in [0.3, 0.4) is 0 Å². The standard InChI is InChI=1S/C13H21NO2/c15-12(16)14-11-9-4-5-10(8-9)13(11)6-2-1-3-7-13/h9-11,14H,1-8H2,(H,15,16)/t9-,10+,11+/m1/s1. The fraction of sp³-hybridized carbons (Fsp3) is 0.923. The van der Waals surface area contributed by atoms with Gasteiger partial charge in [-0.25, -0.2) is 4.79 Å². The van der Waals surface area contributed by atoms with E-state index in [1.807, 2.05) is 0 Å². The molecule has 3 saturated carbocycles. The van der Waals surface area contributed by atoms with E-state index < -0.39 is 6.09 Å². The Labute approximate surface area is 96.6 Å². The average Bonchev–Trinajstić information content (AvgIpc) is 2.83. The number of hydrogen-bond acceptors (Lipinski definition) is 1. The fourth-order valence-corrected chi connectivity index (χ4v) is 4.89. The van der Waals surface area contributed by atoms with E-state index >= 15 is 0 Å². The minimum absolute atomic E-state index is 0.268. The Morgan fingerprint density at radius 2 is 1.94 bits per heavy atom. The molecule has 3 atom stereocenters. The molecule has 0 aliphatic heterocycles. The summed E-state index contributed by atoms with van der Waals surface area (Å²) >= 11 is 0. The Morgan fingerprint density at radius 3 is 2.62 bits per heavy atom. The minimum Gasteiger partial charge on any atom is -0.465 e. The number of rotatable bonds is 1. The van der Waals surface area contributed by atoms with E-state index in [9.17, 15) is 4.79 Å². The van der Waals surface area contributed by atoms with Gasteiger partial charge in [0.15, 0.2) is 0 Å². The monoisotopic (exact) mass is 223 g/mol. The lowest BCUT2D eigenvalue weighted by molar-refractivity contribution is 0.0587. The van der Waals surface area contributed by atoms with Crippen molar-refractivity contribution in [3.05, 3.63) is 0 Å². The third-order valence-electron chi connectivity index (χ3n) is 5.44. The predicted molar refractivity (Wildman–Crippen MR) is 61.3 cm³/mol. The summed E-state index contributed by atoms with van der Waals surface area (Å²) in [6.45, 7) is 0. The summed E-state index contributed by atoms with van der Waals surface area (Å²) in [6.07, 6.45) is 9.55. The lowest BCUT2D eigenvalue weighted by Gasteiger charge is -2.46. The highest BCUT2D eigenvalue weighted by atomic mass is 16.4. The van der Waals surface area contributed by atoms with Gasteiger partial charge in [0.1, 0.15) is 0 Å². The molecule has 3 fully saturated rings. The average molecular weight is 223 g/mol. The van der Waals surface area contributed by atoms with E-state index in [1.54, 1.807) is 0 Å². The molecule has 0 unspecified atom stereocenters. The number of hydrogen-bond donors (Lipinski definition) is 2. The zero-order valence-electron chi connectivity index (χ0n) is 9.74. The second-order valence-corrected chi connectivity index (χ2v) is 5.99. The van der Waals surface area contributed by atoms with Crippen molar-refractivity contribution < 1.29 is 9.90 Å². The highest BCUT2D eigenvalue weighted by molar-refractivity contribution is 5.65. The van der Waals surface area contributed by atoms with Crippen LogP contribution in [0.5, 0.6) is 0 Å². The molecule has 0 aromatic rings. The van der Waals surface area contributed by atoms with E-state index in [2.05, 4.69) is 5.32 Å². The second kappa shape index (κ2) is 3.64. The lowest BCUT2D eigenvalue weighted by atomic mass is 9.62. The molecule has 3 nitrogen and oxygen atoms in total. The van der Waals surface area contributed by atoms with E-state index in [-0.39, 0.29) is 6.04 Å². The van der Waals surface area contributed by atoms with Crippen LogP contribution in [0.15, 0.2) is 0 Å². The summed E-state index contributed by atoms with van der Waals surface area (Å²) in [5.74, 6) is 1.45. The van der Waals surface area contributed by atoms with Gasteiger partial charge < -0.3 is 10.4 Å². The van der Waals surface area contributed by atoms with Crippen LogP contribution in [0.4, 0.5) is 4.79 Å². The van der Waals surface area contributed by atoms with E-state index in [0.717, 1.165) is 5.92 Å². The van der Waals surface area contributed by atoms with Gasteiger partial charge in [-0.15, -0.1) is 0 Å². The highest BCUT2D eigenvalue weighted by Crippen LogP contribution is 2.61. The van der Waals surface area contributed by atoms with Gasteiger partial charge in [0.25, 0.3) is 0 Å². The van der Waals surface area contributed by atoms with Crippen molar-refractivity contribution in [2.24, 2.45) is 17.3 Å². The Bertz CT molecular complexity index is 296. The molecule has 0 heterocycles. The number of carbonyl (C=O) groups is 1. The van der Waals surface area contributed by atoms with Crippen molar-refractivity contribution >= 4 is 6.09 Å². The van der Waals surface area contributed by atoms with Crippen LogP contribution in [0.25, 0.3) is 0 Å². The molecule has 90 valence electrons. The second-order valence-electron chi connectivity index (χ2n) is 5.99. The predicted octanol–water partition coefficient (Wildman–Crippen LogP) is 3.00. The largest absolute Gasteiger partial charge is 0.465 e. The summed E-state index contributed by atoms with van der Waals surface area (Å²) in [4.78, 5) is 10.9. The van der Waals surface area contributed by atoms with E-state index in [1.165, 1.54) is 51.4 Å². The van der Waals surface area contributed by atoms with Gasteiger partial charge in [-0.1, -0.05) is 19.3 Å². The number of nitrogens with one attached hydrogen (secondary N) is 1. The van der Waals surface area contributed by atoms with Crippen molar-refractivity contribution in [2.75, 3.05) is 0 Å². The Kier molecular flexibility index (Phi) is 2.37. The van der Waals surface area contributed by atoms with Gasteiger partial charge in [0, 0.05) is 6.04 Å². The molecule has 3 heteroatoms. The smallest absolute Gasteiger partial charge is 0.404 e. The first-order valence-corrected chi connectivity index (χ1v) is 6.72. The first-order valence-electron chi connectivity index (χ1n) is 6.72. The molecule has 16 heavy (non-hydrogen) atoms. The van der Waals surface area contributed by atoms with E-state index in [0.29, 0.717) is 11.3 Å². The molecule has 1 amide bonds. The molecular formula is C13H21NO2.